The van der Waals surface area contributed by atoms with Crippen LogP contribution in [0.2, 0.25) is 0 Å². The summed E-state index contributed by atoms with van der Waals surface area (Å²) in [5, 5.41) is 6.79. The Balaban J connectivity index is 1.73. The molecule has 0 saturated carbocycles. The van der Waals surface area contributed by atoms with Crippen molar-refractivity contribution in [3.8, 4) is 11.6 Å². The molecule has 3 aromatic rings. The Hall–Kier alpha value is -3.63. The molecule has 2 aromatic heterocycles. The van der Waals surface area contributed by atoms with Gasteiger partial charge in [0.1, 0.15) is 17.8 Å². The number of nitrogens with zero attached hydrogens (tertiary/aromatic N) is 5. The highest BCUT2D eigenvalue weighted by Crippen LogP contribution is 2.23. The Kier molecular flexibility index (Phi) is 5.16. The molecule has 2 heterocycles. The molecular weight excluding hydrogens is 377 g/mol. The fourth-order valence-corrected chi connectivity index (χ4v) is 2.32. The molecule has 146 valence electrons. The second-order valence-electron chi connectivity index (χ2n) is 5.83. The average molecular weight is 392 g/mol. The maximum Gasteiger partial charge on any atom is 0.573 e. The van der Waals surface area contributed by atoms with Gasteiger partial charge in [-0.05, 0) is 24.3 Å². The van der Waals surface area contributed by atoms with Crippen molar-refractivity contribution in [2.24, 2.45) is 0 Å². The number of rotatable bonds is 5. The summed E-state index contributed by atoms with van der Waals surface area (Å²) in [6.45, 7) is 0. The fraction of sp³-hybridized carbons (Fsp3) is 0.176. The van der Waals surface area contributed by atoms with Gasteiger partial charge in [0.2, 0.25) is 0 Å². The molecule has 1 aromatic carbocycles. The van der Waals surface area contributed by atoms with E-state index in [9.17, 15) is 18.0 Å². The van der Waals surface area contributed by atoms with Crippen molar-refractivity contribution in [3.63, 3.8) is 0 Å². The maximum absolute atomic E-state index is 12.3. The van der Waals surface area contributed by atoms with Gasteiger partial charge in [-0.2, -0.15) is 5.10 Å². The van der Waals surface area contributed by atoms with Crippen LogP contribution in [0.25, 0.3) is 5.82 Å². The van der Waals surface area contributed by atoms with E-state index < -0.39 is 18.0 Å². The van der Waals surface area contributed by atoms with Gasteiger partial charge in [0.25, 0.3) is 5.91 Å². The lowest BCUT2D eigenvalue weighted by Crippen LogP contribution is -2.17. The number of aromatic nitrogens is 4. The van der Waals surface area contributed by atoms with E-state index in [0.29, 0.717) is 11.5 Å². The third kappa shape index (κ3) is 4.55. The highest BCUT2D eigenvalue weighted by Gasteiger charge is 2.31. The molecule has 0 aliphatic rings. The number of benzene rings is 1. The number of ether oxygens (including phenoxy) is 1. The van der Waals surface area contributed by atoms with Gasteiger partial charge in [-0.3, -0.25) is 4.79 Å². The van der Waals surface area contributed by atoms with Crippen LogP contribution in [-0.4, -0.2) is 46.1 Å². The number of carbonyl (C=O) groups is 1. The quantitative estimate of drug-likeness (QED) is 0.719. The topological polar surface area (TPSA) is 85.2 Å². The number of nitrogens with one attached hydrogen (secondary N) is 1. The Morgan fingerprint density at radius 2 is 1.89 bits per heavy atom. The number of hydrogen-bond donors (Lipinski definition) is 1. The van der Waals surface area contributed by atoms with Crippen LogP contribution in [0.4, 0.5) is 24.5 Å². The lowest BCUT2D eigenvalue weighted by molar-refractivity contribution is -0.274. The number of carbonyl (C=O) groups excluding carboxylic acids is 1. The summed E-state index contributed by atoms with van der Waals surface area (Å²) < 4.78 is 41.8. The fourth-order valence-electron chi connectivity index (χ4n) is 2.32. The third-order valence-corrected chi connectivity index (χ3v) is 3.56. The van der Waals surface area contributed by atoms with Crippen LogP contribution < -0.4 is 15.0 Å². The molecule has 0 radical (unpaired) electrons. The zero-order chi connectivity index (χ0) is 20.3. The van der Waals surface area contributed by atoms with Gasteiger partial charge in [-0.1, -0.05) is 0 Å². The second kappa shape index (κ2) is 7.55. The van der Waals surface area contributed by atoms with Gasteiger partial charge < -0.3 is 15.0 Å². The van der Waals surface area contributed by atoms with E-state index in [4.69, 9.17) is 0 Å². The standard InChI is InChI=1S/C17H15F3N6O2/c1-25(2)14-8-21-10-22-15(14)26-9-12(7-23-26)24-16(27)11-3-5-13(6-4-11)28-17(18,19)20/h3-10H,1-2H3,(H,24,27). The molecular formula is C17H15F3N6O2. The first-order valence-corrected chi connectivity index (χ1v) is 7.92. The first-order chi connectivity index (χ1) is 13.2. The van der Waals surface area contributed by atoms with Crippen molar-refractivity contribution in [1.82, 2.24) is 19.7 Å². The van der Waals surface area contributed by atoms with E-state index in [1.165, 1.54) is 29.3 Å². The largest absolute Gasteiger partial charge is 0.573 e. The normalized spacial score (nSPS) is 11.2. The molecule has 0 unspecified atom stereocenters. The van der Waals surface area contributed by atoms with Gasteiger partial charge in [0.15, 0.2) is 5.82 Å². The predicted molar refractivity (Wildman–Crippen MR) is 94.6 cm³/mol. The molecule has 1 N–H and O–H groups in total. The summed E-state index contributed by atoms with van der Waals surface area (Å²) in [5.74, 6) is -0.389. The van der Waals surface area contributed by atoms with Gasteiger partial charge >= 0.3 is 6.36 Å². The minimum absolute atomic E-state index is 0.165. The number of alkyl halides is 3. The predicted octanol–water partition coefficient (Wildman–Crippen LogP) is 2.88. The second-order valence-corrected chi connectivity index (χ2v) is 5.83. The molecule has 3 rings (SSSR count). The molecule has 0 aliphatic carbocycles. The summed E-state index contributed by atoms with van der Waals surface area (Å²) in [5.41, 5.74) is 1.28. The molecule has 0 spiro atoms. The summed E-state index contributed by atoms with van der Waals surface area (Å²) in [7, 11) is 3.67. The lowest BCUT2D eigenvalue weighted by Gasteiger charge is -2.14. The Morgan fingerprint density at radius 1 is 1.18 bits per heavy atom. The minimum Gasteiger partial charge on any atom is -0.406 e. The van der Waals surface area contributed by atoms with E-state index in [0.717, 1.165) is 17.8 Å². The van der Waals surface area contributed by atoms with Crippen LogP contribution in [0, 0.1) is 0 Å². The smallest absolute Gasteiger partial charge is 0.406 e. The average Bonchev–Trinajstić information content (AvgIpc) is 3.09. The number of hydrogen-bond acceptors (Lipinski definition) is 6. The Bertz CT molecular complexity index is 970. The van der Waals surface area contributed by atoms with Crippen LogP contribution in [0.15, 0.2) is 49.2 Å². The van der Waals surface area contributed by atoms with Crippen molar-refractivity contribution < 1.29 is 22.7 Å². The molecule has 0 fully saturated rings. The molecule has 8 nitrogen and oxygen atoms in total. The highest BCUT2D eigenvalue weighted by atomic mass is 19.4. The molecule has 1 amide bonds. The number of halogens is 3. The zero-order valence-electron chi connectivity index (χ0n) is 14.8. The van der Waals surface area contributed by atoms with Crippen LogP contribution in [0.3, 0.4) is 0 Å². The van der Waals surface area contributed by atoms with Gasteiger partial charge in [-0.25, -0.2) is 14.6 Å². The molecule has 0 aliphatic heterocycles. The molecule has 0 saturated heterocycles. The number of anilines is 2. The number of amides is 1. The maximum atomic E-state index is 12.3. The van der Waals surface area contributed by atoms with Crippen molar-refractivity contribution in [2.45, 2.75) is 6.36 Å². The van der Waals surface area contributed by atoms with E-state index in [2.05, 4.69) is 25.1 Å². The highest BCUT2D eigenvalue weighted by molar-refractivity contribution is 6.04. The molecule has 28 heavy (non-hydrogen) atoms. The first kappa shape index (κ1) is 19.1. The Labute approximate surface area is 157 Å². The minimum atomic E-state index is -4.79. The van der Waals surface area contributed by atoms with Crippen LogP contribution in [-0.2, 0) is 0 Å². The summed E-state index contributed by atoms with van der Waals surface area (Å²) in [6.07, 6.45) is 1.22. The van der Waals surface area contributed by atoms with Crippen molar-refractivity contribution in [2.75, 3.05) is 24.3 Å². The molecule has 0 atom stereocenters. The van der Waals surface area contributed by atoms with Crippen LogP contribution >= 0.6 is 0 Å². The van der Waals surface area contributed by atoms with Gasteiger partial charge in [0, 0.05) is 19.7 Å². The van der Waals surface area contributed by atoms with Crippen molar-refractivity contribution in [3.05, 3.63) is 54.7 Å². The van der Waals surface area contributed by atoms with Crippen molar-refractivity contribution in [1.29, 1.82) is 0 Å². The van der Waals surface area contributed by atoms with Gasteiger partial charge in [-0.15, -0.1) is 13.2 Å². The third-order valence-electron chi connectivity index (χ3n) is 3.56. The van der Waals surface area contributed by atoms with Crippen LogP contribution in [0.1, 0.15) is 10.4 Å². The summed E-state index contributed by atoms with van der Waals surface area (Å²) in [4.78, 5) is 22.3. The monoisotopic (exact) mass is 392 g/mol. The zero-order valence-corrected chi connectivity index (χ0v) is 14.8. The van der Waals surface area contributed by atoms with E-state index in [1.54, 1.807) is 12.4 Å². The molecule has 11 heteroatoms. The van der Waals surface area contributed by atoms with Crippen LogP contribution in [0.5, 0.6) is 5.75 Å². The van der Waals surface area contributed by atoms with E-state index >= 15 is 0 Å². The Morgan fingerprint density at radius 3 is 2.54 bits per heavy atom. The molecule has 0 bridgehead atoms. The van der Waals surface area contributed by atoms with E-state index in [1.807, 2.05) is 19.0 Å². The van der Waals surface area contributed by atoms with E-state index in [-0.39, 0.29) is 5.56 Å². The van der Waals surface area contributed by atoms with Gasteiger partial charge in [0.05, 0.1) is 24.3 Å². The van der Waals surface area contributed by atoms with Crippen molar-refractivity contribution >= 4 is 17.3 Å². The SMILES string of the molecule is CN(C)c1cncnc1-n1cc(NC(=O)c2ccc(OC(F)(F)F)cc2)cn1. The first-order valence-electron chi connectivity index (χ1n) is 7.92. The summed E-state index contributed by atoms with van der Waals surface area (Å²) in [6, 6.07) is 4.59. The lowest BCUT2D eigenvalue weighted by atomic mass is 10.2. The summed E-state index contributed by atoms with van der Waals surface area (Å²) >= 11 is 0.